The van der Waals surface area contributed by atoms with Crippen LogP contribution in [-0.4, -0.2) is 44.7 Å². The minimum absolute atomic E-state index is 0.0617. The normalized spacial score (nSPS) is 24.8. The minimum atomic E-state index is -0.903. The van der Waals surface area contributed by atoms with Crippen LogP contribution in [0, 0.1) is 5.92 Å². The third kappa shape index (κ3) is 3.65. The lowest BCUT2D eigenvalue weighted by atomic mass is 9.73. The summed E-state index contributed by atoms with van der Waals surface area (Å²) in [6, 6.07) is 7.55. The first-order valence-corrected chi connectivity index (χ1v) is 13.8. The molecule has 1 fully saturated rings. The summed E-state index contributed by atoms with van der Waals surface area (Å²) in [6.45, 7) is 2.30. The molecule has 4 heterocycles. The molecular weight excluding hydrogens is 484 g/mol. The summed E-state index contributed by atoms with van der Waals surface area (Å²) in [5, 5.41) is 0.755. The van der Waals surface area contributed by atoms with Gasteiger partial charge in [0.1, 0.15) is 22.3 Å². The zero-order chi connectivity index (χ0) is 24.3. The quantitative estimate of drug-likeness (QED) is 0.389. The van der Waals surface area contributed by atoms with Gasteiger partial charge in [0.05, 0.1) is 11.1 Å². The highest BCUT2D eigenvalue weighted by Gasteiger charge is 2.55. The van der Waals surface area contributed by atoms with Gasteiger partial charge in [0.2, 0.25) is 11.8 Å². The second-order valence-electron chi connectivity index (χ2n) is 9.60. The lowest BCUT2D eigenvalue weighted by Crippen LogP contribution is -2.64. The summed E-state index contributed by atoms with van der Waals surface area (Å²) < 4.78 is 6.30. The molecule has 1 aliphatic carbocycles. The van der Waals surface area contributed by atoms with E-state index in [1.807, 2.05) is 31.2 Å². The van der Waals surface area contributed by atoms with Crippen LogP contribution in [0.3, 0.4) is 0 Å². The lowest BCUT2D eigenvalue weighted by Gasteiger charge is -2.52. The maximum absolute atomic E-state index is 13.4. The molecule has 3 atom stereocenters. The van der Waals surface area contributed by atoms with Crippen LogP contribution in [0.25, 0.3) is 10.2 Å². The third-order valence-corrected chi connectivity index (χ3v) is 9.52. The van der Waals surface area contributed by atoms with Crippen LogP contribution in [0.15, 0.2) is 29.1 Å². The van der Waals surface area contributed by atoms with Crippen molar-refractivity contribution >= 4 is 45.1 Å². The van der Waals surface area contributed by atoms with E-state index in [0.717, 1.165) is 35.0 Å². The van der Waals surface area contributed by atoms with Crippen molar-refractivity contribution < 1.29 is 14.3 Å². The maximum atomic E-state index is 13.4. The molecule has 0 spiro atoms. The van der Waals surface area contributed by atoms with Crippen molar-refractivity contribution in [2.45, 2.75) is 50.0 Å². The average Bonchev–Trinajstić information content (AvgIpc) is 3.39. The number of aromatic amines is 1. The van der Waals surface area contributed by atoms with Crippen molar-refractivity contribution in [3.63, 3.8) is 0 Å². The van der Waals surface area contributed by atoms with Crippen LogP contribution < -0.4 is 16.0 Å². The summed E-state index contributed by atoms with van der Waals surface area (Å²) in [4.78, 5) is 49.8. The summed E-state index contributed by atoms with van der Waals surface area (Å²) in [7, 11) is 0. The summed E-state index contributed by atoms with van der Waals surface area (Å²) in [6.07, 6.45) is 3.61. The van der Waals surface area contributed by atoms with Gasteiger partial charge in [-0.25, -0.2) is 4.98 Å². The minimum Gasteiger partial charge on any atom is -0.468 e. The number of hydrogen-bond acceptors (Lipinski definition) is 7. The zero-order valence-electron chi connectivity index (χ0n) is 19.3. The van der Waals surface area contributed by atoms with Crippen molar-refractivity contribution in [3.8, 4) is 5.75 Å². The van der Waals surface area contributed by atoms with Crippen molar-refractivity contribution in [1.82, 2.24) is 14.9 Å². The number of aromatic nitrogens is 2. The number of hydrogen-bond donors (Lipinski definition) is 2. The number of H-pyrrole nitrogens is 1. The van der Waals surface area contributed by atoms with E-state index >= 15 is 0 Å². The Balaban J connectivity index is 1.18. The number of nitrogens with one attached hydrogen (secondary N) is 1. The standard InChI is InChI=1S/C25H26N4O4S2/c1-25-11-15(13-5-2-3-7-16(13)33-25)19(21(26)30)24(32)29(25)9-10-34-12-18-27-22(31)20-14-6-4-8-17(14)35-23(20)28-18/h2-3,5,7,15,19H,4,6,8-12H2,1H3,(H2,26,30)(H,27,28,31)/t15-,19-,25-/m0/s1. The number of ether oxygens (including phenoxy) is 1. The fraction of sp³-hybridized carbons (Fsp3) is 0.440. The molecule has 0 saturated carbocycles. The predicted octanol–water partition coefficient (Wildman–Crippen LogP) is 2.93. The van der Waals surface area contributed by atoms with Crippen LogP contribution in [0.2, 0.25) is 0 Å². The molecule has 1 saturated heterocycles. The molecule has 1 aromatic carbocycles. The molecule has 182 valence electrons. The van der Waals surface area contributed by atoms with Crippen LogP contribution in [0.5, 0.6) is 5.75 Å². The number of para-hydroxylation sites is 1. The van der Waals surface area contributed by atoms with Crippen molar-refractivity contribution in [3.05, 3.63) is 56.4 Å². The Bertz CT molecular complexity index is 1420. The molecule has 8 nitrogen and oxygen atoms in total. The monoisotopic (exact) mass is 510 g/mol. The highest BCUT2D eigenvalue weighted by molar-refractivity contribution is 7.98. The number of aryl methyl sites for hydroxylation is 2. The van der Waals surface area contributed by atoms with E-state index in [1.54, 1.807) is 28.0 Å². The van der Waals surface area contributed by atoms with Crippen molar-refractivity contribution in [1.29, 1.82) is 0 Å². The number of benzene rings is 1. The van der Waals surface area contributed by atoms with Gasteiger partial charge in [-0.05, 0) is 43.4 Å². The first kappa shape index (κ1) is 22.6. The number of thioether (sulfide) groups is 1. The Kier molecular flexibility index (Phi) is 5.41. The van der Waals surface area contributed by atoms with Gasteiger partial charge in [-0.3, -0.25) is 14.4 Å². The molecule has 35 heavy (non-hydrogen) atoms. The van der Waals surface area contributed by atoms with E-state index < -0.39 is 17.6 Å². The van der Waals surface area contributed by atoms with Crippen LogP contribution >= 0.6 is 23.1 Å². The molecule has 2 aromatic heterocycles. The van der Waals surface area contributed by atoms with Crippen LogP contribution in [0.1, 0.15) is 47.5 Å². The second kappa shape index (κ2) is 8.37. The molecule has 3 N–H and O–H groups in total. The fourth-order valence-electron chi connectivity index (χ4n) is 5.82. The topological polar surface area (TPSA) is 118 Å². The number of carbonyl (C=O) groups is 2. The first-order valence-electron chi connectivity index (χ1n) is 11.9. The number of rotatable bonds is 6. The molecule has 10 heteroatoms. The molecule has 0 radical (unpaired) electrons. The van der Waals surface area contributed by atoms with Gasteiger partial charge >= 0.3 is 0 Å². The zero-order valence-corrected chi connectivity index (χ0v) is 21.0. The molecular formula is C25H26N4O4S2. The summed E-state index contributed by atoms with van der Waals surface area (Å²) >= 11 is 3.21. The molecule has 2 amide bonds. The Morgan fingerprint density at radius 1 is 1.34 bits per heavy atom. The summed E-state index contributed by atoms with van der Waals surface area (Å²) in [5.41, 5.74) is 6.83. The Hall–Kier alpha value is -2.85. The van der Waals surface area contributed by atoms with E-state index in [9.17, 15) is 14.4 Å². The average molecular weight is 511 g/mol. The largest absolute Gasteiger partial charge is 0.468 e. The number of thiophene rings is 1. The SMILES string of the molecule is C[C@@]12C[C@@H](c3ccccc3O1)[C@@H](C(N)=O)C(=O)N2CCSCc1nc2sc3c(c2c(=O)[nH]1)CCC3. The van der Waals surface area contributed by atoms with Crippen molar-refractivity contribution in [2.24, 2.45) is 11.7 Å². The number of amides is 2. The van der Waals surface area contributed by atoms with Crippen LogP contribution in [0.4, 0.5) is 0 Å². The highest BCUT2D eigenvalue weighted by Crippen LogP contribution is 2.50. The lowest BCUT2D eigenvalue weighted by molar-refractivity contribution is -0.174. The highest BCUT2D eigenvalue weighted by atomic mass is 32.2. The van der Waals surface area contributed by atoms with Crippen molar-refractivity contribution in [2.75, 3.05) is 12.3 Å². The number of primary amides is 1. The molecule has 0 unspecified atom stereocenters. The van der Waals surface area contributed by atoms with Gasteiger partial charge in [0, 0.05) is 29.5 Å². The number of nitrogens with two attached hydrogens (primary N) is 1. The van der Waals surface area contributed by atoms with E-state index in [4.69, 9.17) is 15.5 Å². The van der Waals surface area contributed by atoms with Gasteiger partial charge in [0.25, 0.3) is 5.56 Å². The molecule has 3 aromatic rings. The smallest absolute Gasteiger partial charge is 0.259 e. The number of likely N-dealkylation sites (tertiary alicyclic amines) is 1. The third-order valence-electron chi connectivity index (χ3n) is 7.38. The van der Waals surface area contributed by atoms with Gasteiger partial charge in [-0.1, -0.05) is 18.2 Å². The van der Waals surface area contributed by atoms with E-state index in [1.165, 1.54) is 10.4 Å². The molecule has 3 aliphatic rings. The Morgan fingerprint density at radius 2 is 2.17 bits per heavy atom. The molecule has 2 bridgehead atoms. The van der Waals surface area contributed by atoms with Crippen LogP contribution in [-0.2, 0) is 28.2 Å². The van der Waals surface area contributed by atoms with E-state index in [-0.39, 0.29) is 17.4 Å². The molecule has 6 rings (SSSR count). The van der Waals surface area contributed by atoms with E-state index in [0.29, 0.717) is 36.0 Å². The van der Waals surface area contributed by atoms with E-state index in [2.05, 4.69) is 4.98 Å². The fourth-order valence-corrected chi connectivity index (χ4v) is 7.89. The number of carbonyl (C=O) groups excluding carboxylic acids is 2. The Morgan fingerprint density at radius 3 is 3.00 bits per heavy atom. The molecule has 2 aliphatic heterocycles. The van der Waals surface area contributed by atoms with Gasteiger partial charge in [-0.2, -0.15) is 11.8 Å². The maximum Gasteiger partial charge on any atom is 0.259 e. The second-order valence-corrected chi connectivity index (χ2v) is 11.8. The number of fused-ring (bicyclic) bond motifs is 7. The van der Waals surface area contributed by atoms with Gasteiger partial charge in [-0.15, -0.1) is 11.3 Å². The first-order chi connectivity index (χ1) is 16.9. The van der Waals surface area contributed by atoms with Gasteiger partial charge < -0.3 is 20.4 Å². The summed E-state index contributed by atoms with van der Waals surface area (Å²) in [5.74, 6) is 0.388. The number of nitrogens with zero attached hydrogens (tertiary/aromatic N) is 2. The predicted molar refractivity (Wildman–Crippen MR) is 136 cm³/mol. The van der Waals surface area contributed by atoms with Gasteiger partial charge in [0.15, 0.2) is 5.72 Å². The Labute approximate surface area is 210 Å². The number of piperidine rings is 1.